The van der Waals surface area contributed by atoms with E-state index in [1.165, 1.54) is 6.07 Å². The van der Waals surface area contributed by atoms with E-state index in [0.29, 0.717) is 12.8 Å². The maximum atomic E-state index is 12.2. The van der Waals surface area contributed by atoms with Crippen molar-refractivity contribution < 1.29 is 18.1 Å². The first-order valence-corrected chi connectivity index (χ1v) is 7.41. The van der Waals surface area contributed by atoms with Gasteiger partial charge in [0.25, 0.3) is 5.69 Å². The molecule has 0 spiro atoms. The smallest absolute Gasteiger partial charge is 0.289 e. The minimum Gasteiger partial charge on any atom is -0.399 e. The molecule has 0 bridgehead atoms. The molecule has 0 saturated heterocycles. The summed E-state index contributed by atoms with van der Waals surface area (Å²) in [6.45, 7) is 0. The van der Waals surface area contributed by atoms with Gasteiger partial charge in [-0.25, -0.2) is 13.1 Å². The van der Waals surface area contributed by atoms with Gasteiger partial charge >= 0.3 is 0 Å². The highest BCUT2D eigenvalue weighted by molar-refractivity contribution is 7.89. The van der Waals surface area contributed by atoms with E-state index in [1.807, 2.05) is 0 Å². The topological polar surface area (TPSA) is 125 Å². The van der Waals surface area contributed by atoms with Crippen molar-refractivity contribution in [3.8, 4) is 0 Å². The van der Waals surface area contributed by atoms with Gasteiger partial charge in [0.2, 0.25) is 10.0 Å². The van der Waals surface area contributed by atoms with Crippen LogP contribution in [0.25, 0.3) is 0 Å². The fourth-order valence-electron chi connectivity index (χ4n) is 2.03. The Labute approximate surface area is 116 Å². The second kappa shape index (κ2) is 5.35. The molecule has 9 heteroatoms. The van der Waals surface area contributed by atoms with Gasteiger partial charge in [0, 0.05) is 24.9 Å². The quantitative estimate of drug-likeness (QED) is 0.467. The molecule has 2 rings (SSSR count). The Kier molecular flexibility index (Phi) is 3.93. The van der Waals surface area contributed by atoms with E-state index in [1.54, 1.807) is 7.11 Å². The van der Waals surface area contributed by atoms with Crippen molar-refractivity contribution in [3.05, 3.63) is 28.3 Å². The van der Waals surface area contributed by atoms with Crippen molar-refractivity contribution in [3.63, 3.8) is 0 Å². The monoisotopic (exact) mass is 301 g/mol. The molecule has 0 aromatic heterocycles. The first-order valence-electron chi connectivity index (χ1n) is 5.92. The van der Waals surface area contributed by atoms with Crippen LogP contribution in [0.4, 0.5) is 11.4 Å². The molecule has 0 atom stereocenters. The van der Waals surface area contributed by atoms with Gasteiger partial charge in [0.05, 0.1) is 11.0 Å². The average Bonchev–Trinajstić information content (AvgIpc) is 2.32. The van der Waals surface area contributed by atoms with E-state index in [-0.39, 0.29) is 17.8 Å². The van der Waals surface area contributed by atoms with Gasteiger partial charge in [0.1, 0.15) is 0 Å². The molecule has 1 aliphatic carbocycles. The molecule has 1 fully saturated rings. The van der Waals surface area contributed by atoms with E-state index in [4.69, 9.17) is 10.5 Å². The molecule has 1 aromatic carbocycles. The lowest BCUT2D eigenvalue weighted by atomic mass is 9.90. The number of nitrogens with two attached hydrogens (primary N) is 1. The highest BCUT2D eigenvalue weighted by Crippen LogP contribution is 2.29. The number of hydrogen-bond acceptors (Lipinski definition) is 6. The zero-order valence-corrected chi connectivity index (χ0v) is 11.6. The molecular weight excluding hydrogens is 286 g/mol. The summed E-state index contributed by atoms with van der Waals surface area (Å²) in [5.74, 6) is 0. The fourth-order valence-corrected chi connectivity index (χ4v) is 3.50. The van der Waals surface area contributed by atoms with Crippen LogP contribution in [0.5, 0.6) is 0 Å². The molecule has 1 aromatic rings. The molecule has 3 N–H and O–H groups in total. The molecular formula is C11H15N3O5S. The Hall–Kier alpha value is -1.71. The molecule has 110 valence electrons. The molecule has 1 aliphatic rings. The summed E-state index contributed by atoms with van der Waals surface area (Å²) in [5, 5.41) is 10.9. The number of nitrogens with zero attached hydrogens (tertiary/aromatic N) is 1. The van der Waals surface area contributed by atoms with Crippen molar-refractivity contribution in [1.29, 1.82) is 0 Å². The molecule has 0 amide bonds. The minimum absolute atomic E-state index is 0.0264. The summed E-state index contributed by atoms with van der Waals surface area (Å²) < 4.78 is 31.9. The lowest BCUT2D eigenvalue weighted by Gasteiger charge is -2.34. The highest BCUT2D eigenvalue weighted by atomic mass is 32.2. The Morgan fingerprint density at radius 1 is 1.45 bits per heavy atom. The maximum absolute atomic E-state index is 12.2. The van der Waals surface area contributed by atoms with Crippen molar-refractivity contribution in [2.24, 2.45) is 0 Å². The van der Waals surface area contributed by atoms with Gasteiger partial charge in [-0.05, 0) is 25.0 Å². The number of nitro benzene ring substituents is 1. The van der Waals surface area contributed by atoms with E-state index >= 15 is 0 Å². The van der Waals surface area contributed by atoms with Crippen molar-refractivity contribution in [2.75, 3.05) is 12.8 Å². The molecule has 0 radical (unpaired) electrons. The first kappa shape index (κ1) is 14.7. The van der Waals surface area contributed by atoms with Crippen LogP contribution in [0.15, 0.2) is 23.1 Å². The number of anilines is 1. The minimum atomic E-state index is -3.98. The van der Waals surface area contributed by atoms with Crippen LogP contribution >= 0.6 is 0 Å². The Morgan fingerprint density at radius 3 is 2.65 bits per heavy atom. The number of ether oxygens (including phenoxy) is 1. The summed E-state index contributed by atoms with van der Waals surface area (Å²) in [6.07, 6.45) is 1.12. The van der Waals surface area contributed by atoms with E-state index in [0.717, 1.165) is 12.1 Å². The van der Waals surface area contributed by atoms with Crippen LogP contribution in [0.1, 0.15) is 12.8 Å². The number of methoxy groups -OCH3 is 1. The number of nitrogens with one attached hydrogen (secondary N) is 1. The molecule has 20 heavy (non-hydrogen) atoms. The maximum Gasteiger partial charge on any atom is 0.289 e. The Morgan fingerprint density at radius 2 is 2.10 bits per heavy atom. The second-order valence-corrected chi connectivity index (χ2v) is 6.31. The number of nitrogen functional groups attached to an aromatic ring is 1. The summed E-state index contributed by atoms with van der Waals surface area (Å²) in [4.78, 5) is 9.74. The molecule has 0 unspecified atom stereocenters. The third-order valence-electron chi connectivity index (χ3n) is 3.22. The fraction of sp³-hybridized carbons (Fsp3) is 0.455. The normalized spacial score (nSPS) is 22.2. The number of hydrogen-bond donors (Lipinski definition) is 2. The van der Waals surface area contributed by atoms with E-state index in [2.05, 4.69) is 4.72 Å². The van der Waals surface area contributed by atoms with Crippen LogP contribution in [0.3, 0.4) is 0 Å². The van der Waals surface area contributed by atoms with Crippen LogP contribution < -0.4 is 10.5 Å². The van der Waals surface area contributed by atoms with Gasteiger partial charge in [-0.3, -0.25) is 10.1 Å². The van der Waals surface area contributed by atoms with Crippen LogP contribution in [0.2, 0.25) is 0 Å². The van der Waals surface area contributed by atoms with E-state index < -0.39 is 25.5 Å². The largest absolute Gasteiger partial charge is 0.399 e. The number of rotatable bonds is 5. The van der Waals surface area contributed by atoms with Crippen LogP contribution in [-0.4, -0.2) is 32.6 Å². The third kappa shape index (κ3) is 2.89. The van der Waals surface area contributed by atoms with Gasteiger partial charge in [-0.15, -0.1) is 0 Å². The predicted molar refractivity (Wildman–Crippen MR) is 71.6 cm³/mol. The Bertz CT molecular complexity index is 625. The van der Waals surface area contributed by atoms with Crippen molar-refractivity contribution in [1.82, 2.24) is 4.72 Å². The van der Waals surface area contributed by atoms with Gasteiger partial charge in [-0.1, -0.05) is 0 Å². The molecule has 1 saturated carbocycles. The van der Waals surface area contributed by atoms with Gasteiger partial charge in [-0.2, -0.15) is 0 Å². The summed E-state index contributed by atoms with van der Waals surface area (Å²) in [6, 6.07) is 3.20. The molecule has 0 aliphatic heterocycles. The van der Waals surface area contributed by atoms with Crippen LogP contribution in [-0.2, 0) is 14.8 Å². The molecule has 8 nitrogen and oxygen atoms in total. The number of benzene rings is 1. The zero-order valence-electron chi connectivity index (χ0n) is 10.8. The van der Waals surface area contributed by atoms with Crippen LogP contribution in [0, 0.1) is 10.1 Å². The average molecular weight is 301 g/mol. The Balaban J connectivity index is 2.25. The second-order valence-electron chi connectivity index (χ2n) is 4.63. The number of nitro groups is 1. The first-order chi connectivity index (χ1) is 9.33. The zero-order chi connectivity index (χ0) is 14.9. The standard InChI is InChI=1S/C11H15N3O5S/c1-19-9-5-8(6-9)13-20(17,18)11-4-7(12)2-3-10(11)14(15)16/h2-4,8-9,13H,5-6,12H2,1H3. The van der Waals surface area contributed by atoms with Crippen molar-refractivity contribution >= 4 is 21.4 Å². The van der Waals surface area contributed by atoms with Gasteiger partial charge < -0.3 is 10.5 Å². The molecule has 0 heterocycles. The third-order valence-corrected chi connectivity index (χ3v) is 4.77. The predicted octanol–water partition coefficient (Wildman–Crippen LogP) is 0.633. The lowest BCUT2D eigenvalue weighted by molar-refractivity contribution is -0.387. The summed E-state index contributed by atoms with van der Waals surface area (Å²) in [5.41, 5.74) is 5.17. The van der Waals surface area contributed by atoms with E-state index in [9.17, 15) is 18.5 Å². The summed E-state index contributed by atoms with van der Waals surface area (Å²) >= 11 is 0. The van der Waals surface area contributed by atoms with Crippen molar-refractivity contribution in [2.45, 2.75) is 29.9 Å². The highest BCUT2D eigenvalue weighted by Gasteiger charge is 2.35. The summed E-state index contributed by atoms with van der Waals surface area (Å²) in [7, 11) is -2.42. The van der Waals surface area contributed by atoms with Gasteiger partial charge in [0.15, 0.2) is 4.90 Å². The lowest BCUT2D eigenvalue weighted by Crippen LogP contribution is -2.47. The number of sulfonamides is 1. The SMILES string of the molecule is COC1CC(NS(=O)(=O)c2cc(N)ccc2[N+](=O)[O-])C1.